The highest BCUT2D eigenvalue weighted by molar-refractivity contribution is 6.01. The Morgan fingerprint density at radius 3 is 2.21 bits per heavy atom. The molecule has 4 aromatic rings. The second-order valence-corrected chi connectivity index (χ2v) is 12.2. The van der Waals surface area contributed by atoms with Crippen molar-refractivity contribution in [1.29, 1.82) is 0 Å². The monoisotopic (exact) mass is 661 g/mol. The maximum Gasteiger partial charge on any atom is 0.240 e. The number of nitrogens with zero attached hydrogens (tertiary/aromatic N) is 6. The average molecular weight is 662 g/mol. The fourth-order valence-corrected chi connectivity index (χ4v) is 5.93. The van der Waals surface area contributed by atoms with Gasteiger partial charge in [0, 0.05) is 48.0 Å². The molecule has 2 aromatic heterocycles. The molecule has 1 saturated carbocycles. The number of rotatable bonds is 14. The molecule has 2 heterocycles. The largest absolute Gasteiger partial charge is 0.478 e. The SMILES string of the molecule is CN(C)CCCOc1ccc(-c2ccc(C[C@@H](C(N)=O)N(c3ccc(-c4nn[nH]n4)cc3)C(=O)[C@H]3CC[C@H](CN)CC3)cc2)cn1.Cl. The molecule has 1 atom stereocenters. The van der Waals surface area contributed by atoms with Crippen LogP contribution in [0.5, 0.6) is 5.88 Å². The highest BCUT2D eigenvalue weighted by Crippen LogP contribution is 2.33. The topological polar surface area (TPSA) is 169 Å². The minimum Gasteiger partial charge on any atom is -0.478 e. The Hall–Kier alpha value is -4.39. The second-order valence-electron chi connectivity index (χ2n) is 12.2. The molecule has 12 nitrogen and oxygen atoms in total. The van der Waals surface area contributed by atoms with Crippen LogP contribution in [0.25, 0.3) is 22.5 Å². The summed E-state index contributed by atoms with van der Waals surface area (Å²) in [5, 5.41) is 14.1. The van der Waals surface area contributed by atoms with E-state index in [1.54, 1.807) is 23.2 Å². The van der Waals surface area contributed by atoms with Crippen LogP contribution in [0.2, 0.25) is 0 Å². The summed E-state index contributed by atoms with van der Waals surface area (Å²) < 4.78 is 5.76. The van der Waals surface area contributed by atoms with E-state index in [4.69, 9.17) is 16.2 Å². The molecule has 1 aliphatic rings. The van der Waals surface area contributed by atoms with Crippen LogP contribution >= 0.6 is 12.4 Å². The minimum atomic E-state index is -0.882. The first-order valence-electron chi connectivity index (χ1n) is 15.8. The summed E-state index contributed by atoms with van der Waals surface area (Å²) in [6.45, 7) is 2.18. The minimum absolute atomic E-state index is 0. The molecule has 0 saturated heterocycles. The van der Waals surface area contributed by atoms with Gasteiger partial charge in [0.25, 0.3) is 0 Å². The van der Waals surface area contributed by atoms with Crippen molar-refractivity contribution in [2.24, 2.45) is 23.3 Å². The Morgan fingerprint density at radius 1 is 0.957 bits per heavy atom. The quantitative estimate of drug-likeness (QED) is 0.170. The number of hydrogen-bond acceptors (Lipinski definition) is 9. The number of H-pyrrole nitrogens is 1. The fourth-order valence-electron chi connectivity index (χ4n) is 5.93. The van der Waals surface area contributed by atoms with Crippen LogP contribution < -0.4 is 21.1 Å². The molecule has 0 bridgehead atoms. The lowest BCUT2D eigenvalue weighted by Crippen LogP contribution is -2.52. The average Bonchev–Trinajstić information content (AvgIpc) is 3.62. The number of anilines is 1. The van der Waals surface area contributed by atoms with Gasteiger partial charge < -0.3 is 21.1 Å². The molecule has 5 rings (SSSR count). The van der Waals surface area contributed by atoms with E-state index in [9.17, 15) is 9.59 Å². The summed E-state index contributed by atoms with van der Waals surface area (Å²) >= 11 is 0. The molecule has 1 aliphatic carbocycles. The van der Waals surface area contributed by atoms with Crippen LogP contribution in [0, 0.1) is 11.8 Å². The zero-order valence-electron chi connectivity index (χ0n) is 26.9. The molecule has 0 unspecified atom stereocenters. The molecule has 2 aromatic carbocycles. The second kappa shape index (κ2) is 17.0. The number of nitrogens with two attached hydrogens (primary N) is 2. The van der Waals surface area contributed by atoms with Crippen LogP contribution in [0.15, 0.2) is 66.9 Å². The predicted molar refractivity (Wildman–Crippen MR) is 184 cm³/mol. The standard InChI is InChI=1S/C34H43N9O3.ClH/c1-42(2)18-3-19-46-31-17-14-28(22-37-31)25-8-4-23(5-9-25)20-30(32(36)44)43(34(45)27-10-6-24(21-35)7-11-27)29-15-12-26(13-16-29)33-38-40-41-39-33;/h4-5,8-9,12-17,22,24,27,30H,3,6-7,10-11,18-21,35H2,1-2H3,(H2,36,44)(H,38,39,40,41);1H/t24-,27-,30-;/m0./s1. The molecule has 250 valence electrons. The summed E-state index contributed by atoms with van der Waals surface area (Å²) in [6, 6.07) is 18.1. The summed E-state index contributed by atoms with van der Waals surface area (Å²) in [6.07, 6.45) is 6.22. The smallest absolute Gasteiger partial charge is 0.240 e. The molecule has 0 aliphatic heterocycles. The van der Waals surface area contributed by atoms with E-state index in [2.05, 4.69) is 30.5 Å². The van der Waals surface area contributed by atoms with Crippen molar-refractivity contribution in [2.75, 3.05) is 38.7 Å². The number of tetrazole rings is 1. The van der Waals surface area contributed by atoms with Gasteiger partial charge >= 0.3 is 0 Å². The van der Waals surface area contributed by atoms with Crippen LogP contribution in [0.3, 0.4) is 0 Å². The van der Waals surface area contributed by atoms with Crippen molar-refractivity contribution in [3.63, 3.8) is 0 Å². The van der Waals surface area contributed by atoms with Gasteiger partial charge in [0.2, 0.25) is 23.5 Å². The first-order valence-corrected chi connectivity index (χ1v) is 15.8. The van der Waals surface area contributed by atoms with Crippen LogP contribution in [0.1, 0.15) is 37.7 Å². The number of nitrogens with one attached hydrogen (secondary N) is 1. The molecule has 0 radical (unpaired) electrons. The molecule has 5 N–H and O–H groups in total. The van der Waals surface area contributed by atoms with Crippen molar-refractivity contribution in [2.45, 2.75) is 44.6 Å². The third kappa shape index (κ3) is 9.34. The number of halogens is 1. The number of aromatic amines is 1. The maximum atomic E-state index is 14.2. The third-order valence-corrected chi connectivity index (χ3v) is 8.61. The number of hydrogen-bond donors (Lipinski definition) is 3. The summed E-state index contributed by atoms with van der Waals surface area (Å²) in [4.78, 5) is 35.4. The van der Waals surface area contributed by atoms with Crippen molar-refractivity contribution in [3.8, 4) is 28.4 Å². The molecule has 13 heteroatoms. The number of aromatic nitrogens is 5. The van der Waals surface area contributed by atoms with Gasteiger partial charge in [-0.3, -0.25) is 14.5 Å². The highest BCUT2D eigenvalue weighted by Gasteiger charge is 2.36. The van der Waals surface area contributed by atoms with Gasteiger partial charge in [-0.1, -0.05) is 24.3 Å². The highest BCUT2D eigenvalue weighted by atomic mass is 35.5. The van der Waals surface area contributed by atoms with E-state index in [1.807, 2.05) is 62.6 Å². The summed E-state index contributed by atoms with van der Waals surface area (Å²) in [5.41, 5.74) is 16.1. The number of ether oxygens (including phenoxy) is 1. The Bertz CT molecular complexity index is 1540. The fraction of sp³-hybridized carbons (Fsp3) is 0.412. The Balaban J connectivity index is 0.00000500. The summed E-state index contributed by atoms with van der Waals surface area (Å²) in [5.74, 6) is 0.572. The van der Waals surface area contributed by atoms with E-state index < -0.39 is 11.9 Å². The third-order valence-electron chi connectivity index (χ3n) is 8.61. The number of pyridine rings is 1. The molecular formula is C34H44ClN9O3. The van der Waals surface area contributed by atoms with Gasteiger partial charge in [0.1, 0.15) is 6.04 Å². The van der Waals surface area contributed by atoms with Gasteiger partial charge in [0.15, 0.2) is 0 Å². The molecular weight excluding hydrogens is 618 g/mol. The first-order chi connectivity index (χ1) is 22.3. The van der Waals surface area contributed by atoms with E-state index in [1.165, 1.54) is 0 Å². The Labute approximate surface area is 281 Å². The van der Waals surface area contributed by atoms with E-state index in [0.29, 0.717) is 36.5 Å². The molecule has 2 amide bonds. The molecule has 0 spiro atoms. The van der Waals surface area contributed by atoms with E-state index in [0.717, 1.165) is 60.9 Å². The lowest BCUT2D eigenvalue weighted by molar-refractivity contribution is -0.127. The van der Waals surface area contributed by atoms with Crippen LogP contribution in [-0.2, 0) is 16.0 Å². The number of primary amides is 1. The number of carbonyl (C=O) groups excluding carboxylic acids is 2. The van der Waals surface area contributed by atoms with Crippen molar-refractivity contribution in [1.82, 2.24) is 30.5 Å². The van der Waals surface area contributed by atoms with E-state index in [-0.39, 0.29) is 30.7 Å². The van der Waals surface area contributed by atoms with Crippen molar-refractivity contribution in [3.05, 3.63) is 72.4 Å². The lowest BCUT2D eigenvalue weighted by atomic mass is 9.81. The number of carbonyl (C=O) groups is 2. The maximum absolute atomic E-state index is 14.2. The first kappa shape index (κ1) is 35.5. The van der Waals surface area contributed by atoms with Gasteiger partial charge in [-0.2, -0.15) is 5.21 Å². The zero-order chi connectivity index (χ0) is 32.5. The number of benzene rings is 2. The molecule has 47 heavy (non-hydrogen) atoms. The van der Waals surface area contributed by atoms with Gasteiger partial charge in [0.05, 0.1) is 6.61 Å². The van der Waals surface area contributed by atoms with E-state index >= 15 is 0 Å². The van der Waals surface area contributed by atoms with Crippen molar-refractivity contribution >= 4 is 29.9 Å². The van der Waals surface area contributed by atoms with Crippen LogP contribution in [0.4, 0.5) is 5.69 Å². The Morgan fingerprint density at radius 2 is 1.64 bits per heavy atom. The Kier molecular flexibility index (Phi) is 12.8. The number of amides is 2. The van der Waals surface area contributed by atoms with Crippen LogP contribution in [-0.4, -0.2) is 82.2 Å². The predicted octanol–water partition coefficient (Wildman–Crippen LogP) is 3.88. The zero-order valence-corrected chi connectivity index (χ0v) is 27.7. The van der Waals surface area contributed by atoms with Gasteiger partial charge in [-0.05, 0) is 105 Å². The van der Waals surface area contributed by atoms with Crippen molar-refractivity contribution < 1.29 is 14.3 Å². The van der Waals surface area contributed by atoms with Gasteiger partial charge in [-0.15, -0.1) is 22.6 Å². The normalized spacial score (nSPS) is 16.7. The lowest BCUT2D eigenvalue weighted by Gasteiger charge is -2.35. The van der Waals surface area contributed by atoms with Gasteiger partial charge in [-0.25, -0.2) is 4.98 Å². The molecule has 1 fully saturated rings. The summed E-state index contributed by atoms with van der Waals surface area (Å²) in [7, 11) is 4.07.